The lowest BCUT2D eigenvalue weighted by molar-refractivity contribution is -0.147. The van der Waals surface area contributed by atoms with Crippen molar-refractivity contribution in [2.75, 3.05) is 14.2 Å². The molecule has 150 valence electrons. The van der Waals surface area contributed by atoms with Gasteiger partial charge in [0.05, 0.1) is 25.7 Å². The molecule has 29 heavy (non-hydrogen) atoms. The molecule has 0 aliphatic rings. The van der Waals surface area contributed by atoms with Crippen LogP contribution < -0.4 is 5.32 Å². The lowest BCUT2D eigenvalue weighted by atomic mass is 9.95. The molecule has 0 bridgehead atoms. The molecular weight excluding hydrogens is 370 g/mol. The Labute approximate surface area is 168 Å². The lowest BCUT2D eigenvalue weighted by Crippen LogP contribution is -2.43. The van der Waals surface area contributed by atoms with Gasteiger partial charge in [-0.3, -0.25) is 9.59 Å². The predicted molar refractivity (Wildman–Crippen MR) is 111 cm³/mol. The number of benzene rings is 3. The van der Waals surface area contributed by atoms with Gasteiger partial charge in [0, 0.05) is 0 Å². The van der Waals surface area contributed by atoms with Gasteiger partial charge in [0.2, 0.25) is 0 Å². The summed E-state index contributed by atoms with van der Waals surface area (Å²) in [5.74, 6) is -2.04. The van der Waals surface area contributed by atoms with E-state index in [1.165, 1.54) is 14.2 Å². The number of hydrogen-bond donors (Lipinski definition) is 1. The monoisotopic (exact) mass is 393 g/mol. The van der Waals surface area contributed by atoms with Gasteiger partial charge in [-0.05, 0) is 34.0 Å². The number of nitrogens with one attached hydrogen (secondary N) is 1. The van der Waals surface area contributed by atoms with E-state index >= 15 is 0 Å². The van der Waals surface area contributed by atoms with Crippen LogP contribution in [0.15, 0.2) is 54.6 Å². The maximum Gasteiger partial charge on any atom is 0.328 e. The molecule has 3 rings (SSSR count). The highest BCUT2D eigenvalue weighted by molar-refractivity contribution is 6.18. The normalized spacial score (nSPS) is 12.9. The summed E-state index contributed by atoms with van der Waals surface area (Å²) >= 11 is 0. The zero-order valence-electron chi connectivity index (χ0n) is 16.6. The molecule has 2 atom stereocenters. The van der Waals surface area contributed by atoms with Crippen LogP contribution >= 0.6 is 0 Å². The fourth-order valence-electron chi connectivity index (χ4n) is 3.50. The summed E-state index contributed by atoms with van der Waals surface area (Å²) in [7, 11) is 2.53. The van der Waals surface area contributed by atoms with Gasteiger partial charge in [-0.25, -0.2) is 4.79 Å². The zero-order valence-corrected chi connectivity index (χ0v) is 16.6. The molecule has 0 unspecified atom stereocenters. The van der Waals surface area contributed by atoms with Crippen LogP contribution in [0.4, 0.5) is 0 Å². The van der Waals surface area contributed by atoms with Crippen LogP contribution in [-0.4, -0.2) is 38.1 Å². The second-order valence-electron chi connectivity index (χ2n) is 6.90. The van der Waals surface area contributed by atoms with Crippen molar-refractivity contribution in [3.05, 3.63) is 60.2 Å². The van der Waals surface area contributed by atoms with Crippen molar-refractivity contribution in [3.8, 4) is 0 Å². The van der Waals surface area contributed by atoms with E-state index in [0.29, 0.717) is 5.56 Å². The minimum absolute atomic E-state index is 0.0772. The lowest BCUT2D eigenvalue weighted by Gasteiger charge is -2.20. The van der Waals surface area contributed by atoms with E-state index in [1.807, 2.05) is 54.6 Å². The first-order chi connectivity index (χ1) is 14.0. The standard InChI is InChI=1S/C23H23NO5/c1-14(22(26)28-2)12-19(23(27)29-3)24-21(25)20-17-10-6-4-8-15(17)13-16-9-5-7-11-18(16)20/h4-11,13-14,19H,12H2,1-3H3,(H,24,25)/t14-,19+/m0/s1. The molecule has 6 heteroatoms. The van der Waals surface area contributed by atoms with Crippen molar-refractivity contribution in [1.29, 1.82) is 0 Å². The van der Waals surface area contributed by atoms with E-state index in [-0.39, 0.29) is 6.42 Å². The number of carbonyl (C=O) groups is 3. The van der Waals surface area contributed by atoms with Gasteiger partial charge in [0.15, 0.2) is 0 Å². The van der Waals surface area contributed by atoms with Gasteiger partial charge in [0.25, 0.3) is 5.91 Å². The highest BCUT2D eigenvalue weighted by Crippen LogP contribution is 2.28. The Morgan fingerprint density at radius 2 is 1.38 bits per heavy atom. The first kappa shape index (κ1) is 20.3. The zero-order chi connectivity index (χ0) is 21.0. The SMILES string of the molecule is COC(=O)[C@@H](C)C[C@@H](NC(=O)c1c2ccccc2cc2ccccc12)C(=O)OC. The van der Waals surface area contributed by atoms with E-state index in [4.69, 9.17) is 9.47 Å². The molecule has 3 aromatic carbocycles. The average Bonchev–Trinajstić information content (AvgIpc) is 2.75. The number of ether oxygens (including phenoxy) is 2. The first-order valence-electron chi connectivity index (χ1n) is 9.33. The third-order valence-electron chi connectivity index (χ3n) is 4.98. The van der Waals surface area contributed by atoms with E-state index in [0.717, 1.165) is 21.5 Å². The van der Waals surface area contributed by atoms with Crippen molar-refractivity contribution >= 4 is 39.4 Å². The maximum atomic E-state index is 13.3. The van der Waals surface area contributed by atoms with Crippen LogP contribution in [0.5, 0.6) is 0 Å². The topological polar surface area (TPSA) is 81.7 Å². The number of carbonyl (C=O) groups excluding carboxylic acids is 3. The summed E-state index contributed by atoms with van der Waals surface area (Å²) < 4.78 is 9.56. The summed E-state index contributed by atoms with van der Waals surface area (Å²) in [5.41, 5.74) is 0.485. The molecule has 0 spiro atoms. The molecular formula is C23H23NO5. The van der Waals surface area contributed by atoms with Crippen LogP contribution in [0, 0.1) is 5.92 Å². The van der Waals surface area contributed by atoms with Crippen LogP contribution in [-0.2, 0) is 19.1 Å². The van der Waals surface area contributed by atoms with Gasteiger partial charge in [-0.1, -0.05) is 55.5 Å². The van der Waals surface area contributed by atoms with E-state index in [9.17, 15) is 14.4 Å². The molecule has 0 aromatic heterocycles. The first-order valence-corrected chi connectivity index (χ1v) is 9.33. The summed E-state index contributed by atoms with van der Waals surface area (Å²) in [6.45, 7) is 1.64. The minimum atomic E-state index is -0.973. The fourth-order valence-corrected chi connectivity index (χ4v) is 3.50. The smallest absolute Gasteiger partial charge is 0.328 e. The van der Waals surface area contributed by atoms with Crippen molar-refractivity contribution in [2.45, 2.75) is 19.4 Å². The van der Waals surface area contributed by atoms with Crippen molar-refractivity contribution in [1.82, 2.24) is 5.32 Å². The van der Waals surface area contributed by atoms with Crippen molar-refractivity contribution in [3.63, 3.8) is 0 Å². The Hall–Kier alpha value is -3.41. The van der Waals surface area contributed by atoms with Crippen molar-refractivity contribution < 1.29 is 23.9 Å². The fraction of sp³-hybridized carbons (Fsp3) is 0.261. The second kappa shape index (κ2) is 8.73. The maximum absolute atomic E-state index is 13.3. The molecule has 1 amide bonds. The number of fused-ring (bicyclic) bond motifs is 2. The number of amides is 1. The summed E-state index contributed by atoms with van der Waals surface area (Å²) in [6.07, 6.45) is 0.0772. The number of hydrogen-bond acceptors (Lipinski definition) is 5. The Bertz CT molecular complexity index is 1020. The van der Waals surface area contributed by atoms with Gasteiger partial charge >= 0.3 is 11.9 Å². The molecule has 6 nitrogen and oxygen atoms in total. The van der Waals surface area contributed by atoms with Crippen LogP contribution in [0.1, 0.15) is 23.7 Å². The largest absolute Gasteiger partial charge is 0.469 e. The summed E-state index contributed by atoms with van der Waals surface area (Å²) in [4.78, 5) is 37.3. The second-order valence-corrected chi connectivity index (χ2v) is 6.90. The van der Waals surface area contributed by atoms with Gasteiger partial charge in [-0.15, -0.1) is 0 Å². The van der Waals surface area contributed by atoms with Crippen LogP contribution in [0.2, 0.25) is 0 Å². The predicted octanol–water partition coefficient (Wildman–Crippen LogP) is 3.46. The van der Waals surface area contributed by atoms with Crippen molar-refractivity contribution in [2.24, 2.45) is 5.92 Å². The van der Waals surface area contributed by atoms with E-state index in [1.54, 1.807) is 6.92 Å². The Morgan fingerprint density at radius 3 is 1.90 bits per heavy atom. The van der Waals surface area contributed by atoms with E-state index < -0.39 is 29.8 Å². The third kappa shape index (κ3) is 4.21. The van der Waals surface area contributed by atoms with Gasteiger partial charge in [0.1, 0.15) is 6.04 Å². The van der Waals surface area contributed by atoms with Gasteiger partial charge in [-0.2, -0.15) is 0 Å². The quantitative estimate of drug-likeness (QED) is 0.512. The summed E-state index contributed by atoms with van der Waals surface area (Å²) in [5, 5.41) is 6.18. The van der Waals surface area contributed by atoms with E-state index in [2.05, 4.69) is 5.32 Å². The number of methoxy groups -OCH3 is 2. The van der Waals surface area contributed by atoms with Crippen LogP contribution in [0.3, 0.4) is 0 Å². The molecule has 0 fully saturated rings. The minimum Gasteiger partial charge on any atom is -0.469 e. The number of rotatable bonds is 6. The molecule has 0 saturated heterocycles. The third-order valence-corrected chi connectivity index (χ3v) is 4.98. The molecule has 0 saturated carbocycles. The summed E-state index contributed by atoms with van der Waals surface area (Å²) in [6, 6.07) is 16.2. The Morgan fingerprint density at radius 1 is 0.862 bits per heavy atom. The van der Waals surface area contributed by atoms with Crippen LogP contribution in [0.25, 0.3) is 21.5 Å². The molecule has 0 heterocycles. The molecule has 0 aliphatic carbocycles. The highest BCUT2D eigenvalue weighted by atomic mass is 16.5. The number of esters is 2. The molecule has 0 radical (unpaired) electrons. The average molecular weight is 393 g/mol. The highest BCUT2D eigenvalue weighted by Gasteiger charge is 2.28. The molecule has 1 N–H and O–H groups in total. The molecule has 0 aliphatic heterocycles. The Balaban J connectivity index is 2.02. The molecule has 3 aromatic rings. The Kier molecular flexibility index (Phi) is 6.12. The van der Waals surface area contributed by atoms with Gasteiger partial charge < -0.3 is 14.8 Å².